The van der Waals surface area contributed by atoms with Crippen LogP contribution in [-0.4, -0.2) is 49.0 Å². The number of aliphatic hydroxyl groups excluding tert-OH is 1. The lowest BCUT2D eigenvalue weighted by molar-refractivity contribution is 0.0377. The molecule has 1 N–H and O–H groups in total. The van der Waals surface area contributed by atoms with Gasteiger partial charge in [-0.1, -0.05) is 42.1 Å². The molecule has 1 aromatic carbocycles. The standard InChI is InChI=1S/C13H18O4S/c14-6-7-16-8-9-17-10-11-18-13(15)12-4-2-1-3-5-12/h1-5,14H,6-11H2. The summed E-state index contributed by atoms with van der Waals surface area (Å²) in [6.45, 7) is 1.84. The summed E-state index contributed by atoms with van der Waals surface area (Å²) >= 11 is 1.25. The van der Waals surface area contributed by atoms with Crippen LogP contribution in [0.1, 0.15) is 10.4 Å². The van der Waals surface area contributed by atoms with E-state index in [1.54, 1.807) is 12.1 Å². The van der Waals surface area contributed by atoms with E-state index in [-0.39, 0.29) is 11.7 Å². The number of carbonyl (C=O) groups excluding carboxylic acids is 1. The van der Waals surface area contributed by atoms with Crippen molar-refractivity contribution in [2.24, 2.45) is 0 Å². The first-order valence-corrected chi connectivity index (χ1v) is 6.81. The van der Waals surface area contributed by atoms with E-state index in [1.807, 2.05) is 18.2 Å². The van der Waals surface area contributed by atoms with Crippen molar-refractivity contribution in [3.63, 3.8) is 0 Å². The monoisotopic (exact) mass is 270 g/mol. The van der Waals surface area contributed by atoms with Crippen LogP contribution in [0.2, 0.25) is 0 Å². The quantitative estimate of drug-likeness (QED) is 0.691. The predicted molar refractivity (Wildman–Crippen MR) is 72.0 cm³/mol. The molecule has 0 atom stereocenters. The summed E-state index contributed by atoms with van der Waals surface area (Å²) in [6.07, 6.45) is 0. The number of hydrogen-bond acceptors (Lipinski definition) is 5. The molecule has 0 heterocycles. The van der Waals surface area contributed by atoms with Gasteiger partial charge in [-0.3, -0.25) is 4.79 Å². The van der Waals surface area contributed by atoms with Crippen molar-refractivity contribution >= 4 is 16.9 Å². The Balaban J connectivity index is 2.00. The average molecular weight is 270 g/mol. The summed E-state index contributed by atoms with van der Waals surface area (Å²) in [5.41, 5.74) is 0.716. The van der Waals surface area contributed by atoms with Gasteiger partial charge in [0.25, 0.3) is 0 Å². The Morgan fingerprint density at radius 3 is 2.39 bits per heavy atom. The molecule has 5 heteroatoms. The summed E-state index contributed by atoms with van der Waals surface area (Å²) in [7, 11) is 0. The van der Waals surface area contributed by atoms with Gasteiger partial charge in [0, 0.05) is 11.3 Å². The lowest BCUT2D eigenvalue weighted by Gasteiger charge is -2.04. The van der Waals surface area contributed by atoms with Gasteiger partial charge in [-0.25, -0.2) is 0 Å². The topological polar surface area (TPSA) is 55.8 Å². The maximum atomic E-state index is 11.7. The summed E-state index contributed by atoms with van der Waals surface area (Å²) in [4.78, 5) is 11.7. The third-order valence-corrected chi connectivity index (χ3v) is 2.95. The highest BCUT2D eigenvalue weighted by Gasteiger charge is 2.04. The average Bonchev–Trinajstić information content (AvgIpc) is 2.42. The van der Waals surface area contributed by atoms with E-state index in [2.05, 4.69) is 0 Å². The number of ether oxygens (including phenoxy) is 2. The third kappa shape index (κ3) is 6.76. The van der Waals surface area contributed by atoms with Crippen molar-refractivity contribution in [2.45, 2.75) is 0 Å². The molecular weight excluding hydrogens is 252 g/mol. The Labute approximate surface area is 111 Å². The zero-order valence-electron chi connectivity index (χ0n) is 10.2. The van der Waals surface area contributed by atoms with E-state index in [0.717, 1.165) is 0 Å². The number of carbonyl (C=O) groups is 1. The molecule has 0 bridgehead atoms. The molecule has 0 spiro atoms. The van der Waals surface area contributed by atoms with E-state index in [0.29, 0.717) is 37.7 Å². The maximum Gasteiger partial charge on any atom is 0.219 e. The predicted octanol–water partition coefficient (Wildman–Crippen LogP) is 1.59. The highest BCUT2D eigenvalue weighted by Crippen LogP contribution is 2.11. The van der Waals surface area contributed by atoms with Gasteiger partial charge in [0.05, 0.1) is 33.0 Å². The first-order valence-electron chi connectivity index (χ1n) is 5.83. The molecule has 4 nitrogen and oxygen atoms in total. The van der Waals surface area contributed by atoms with Crippen LogP contribution in [0.5, 0.6) is 0 Å². The molecule has 0 fully saturated rings. The van der Waals surface area contributed by atoms with Crippen molar-refractivity contribution < 1.29 is 19.4 Å². The van der Waals surface area contributed by atoms with Gasteiger partial charge in [0.2, 0.25) is 5.12 Å². The van der Waals surface area contributed by atoms with E-state index < -0.39 is 0 Å². The Bertz CT molecular complexity index is 329. The third-order valence-electron chi connectivity index (χ3n) is 2.08. The van der Waals surface area contributed by atoms with Crippen molar-refractivity contribution in [1.82, 2.24) is 0 Å². The molecule has 0 aromatic heterocycles. The van der Waals surface area contributed by atoms with E-state index in [1.165, 1.54) is 11.8 Å². The van der Waals surface area contributed by atoms with Crippen LogP contribution in [-0.2, 0) is 9.47 Å². The van der Waals surface area contributed by atoms with Gasteiger partial charge < -0.3 is 14.6 Å². The zero-order valence-corrected chi connectivity index (χ0v) is 11.0. The second kappa shape index (κ2) is 10.1. The number of benzene rings is 1. The molecule has 0 aliphatic heterocycles. The fraction of sp³-hybridized carbons (Fsp3) is 0.462. The molecule has 0 radical (unpaired) electrons. The first kappa shape index (κ1) is 15.2. The van der Waals surface area contributed by atoms with Crippen molar-refractivity contribution in [3.8, 4) is 0 Å². The Morgan fingerprint density at radius 1 is 1.06 bits per heavy atom. The van der Waals surface area contributed by atoms with Gasteiger partial charge in [-0.15, -0.1) is 0 Å². The van der Waals surface area contributed by atoms with Gasteiger partial charge in [0.15, 0.2) is 0 Å². The van der Waals surface area contributed by atoms with Crippen LogP contribution in [0.15, 0.2) is 30.3 Å². The molecule has 0 saturated carbocycles. The first-order chi connectivity index (χ1) is 8.84. The Kier molecular flexibility index (Phi) is 8.50. The molecule has 100 valence electrons. The van der Waals surface area contributed by atoms with Gasteiger partial charge in [-0.2, -0.15) is 0 Å². The minimum Gasteiger partial charge on any atom is -0.394 e. The maximum absolute atomic E-state index is 11.7. The number of aliphatic hydroxyl groups is 1. The molecule has 0 amide bonds. The van der Waals surface area contributed by atoms with Crippen molar-refractivity contribution in [2.75, 3.05) is 38.8 Å². The second-order valence-electron chi connectivity index (χ2n) is 3.45. The summed E-state index contributed by atoms with van der Waals surface area (Å²) in [6, 6.07) is 9.19. The highest BCUT2D eigenvalue weighted by atomic mass is 32.2. The largest absolute Gasteiger partial charge is 0.394 e. The summed E-state index contributed by atoms with van der Waals surface area (Å²) < 4.78 is 10.3. The SMILES string of the molecule is O=C(SCCOCCOCCO)c1ccccc1. The van der Waals surface area contributed by atoms with Crippen LogP contribution >= 0.6 is 11.8 Å². The lowest BCUT2D eigenvalue weighted by atomic mass is 10.2. The Morgan fingerprint density at radius 2 is 1.72 bits per heavy atom. The molecule has 18 heavy (non-hydrogen) atoms. The fourth-order valence-corrected chi connectivity index (χ4v) is 1.93. The lowest BCUT2D eigenvalue weighted by Crippen LogP contribution is -2.09. The van der Waals surface area contributed by atoms with Gasteiger partial charge >= 0.3 is 0 Å². The smallest absolute Gasteiger partial charge is 0.219 e. The van der Waals surface area contributed by atoms with E-state index in [4.69, 9.17) is 14.6 Å². The Hall–Kier alpha value is -0.880. The fourth-order valence-electron chi connectivity index (χ4n) is 1.24. The highest BCUT2D eigenvalue weighted by molar-refractivity contribution is 8.14. The summed E-state index contributed by atoms with van der Waals surface area (Å²) in [5, 5.41) is 8.54. The molecule has 0 saturated heterocycles. The zero-order chi connectivity index (χ0) is 13.1. The molecule has 0 unspecified atom stereocenters. The molecular formula is C13H18O4S. The molecule has 0 aliphatic rings. The van der Waals surface area contributed by atoms with Crippen LogP contribution in [0, 0.1) is 0 Å². The van der Waals surface area contributed by atoms with Crippen LogP contribution < -0.4 is 0 Å². The minimum atomic E-state index is 0.0292. The van der Waals surface area contributed by atoms with Crippen LogP contribution in [0.4, 0.5) is 0 Å². The van der Waals surface area contributed by atoms with E-state index in [9.17, 15) is 4.79 Å². The van der Waals surface area contributed by atoms with Crippen LogP contribution in [0.25, 0.3) is 0 Å². The number of rotatable bonds is 9. The molecule has 1 rings (SSSR count). The molecule has 1 aromatic rings. The van der Waals surface area contributed by atoms with Crippen molar-refractivity contribution in [3.05, 3.63) is 35.9 Å². The van der Waals surface area contributed by atoms with Gasteiger partial charge in [0.1, 0.15) is 0 Å². The number of thioether (sulfide) groups is 1. The van der Waals surface area contributed by atoms with E-state index >= 15 is 0 Å². The minimum absolute atomic E-state index is 0.0292. The van der Waals surface area contributed by atoms with Gasteiger partial charge in [-0.05, 0) is 0 Å². The summed E-state index contributed by atoms with van der Waals surface area (Å²) in [5.74, 6) is 0.633. The van der Waals surface area contributed by atoms with Crippen molar-refractivity contribution in [1.29, 1.82) is 0 Å². The van der Waals surface area contributed by atoms with Crippen LogP contribution in [0.3, 0.4) is 0 Å². The normalized spacial score (nSPS) is 10.5. The second-order valence-corrected chi connectivity index (χ2v) is 4.52. The molecule has 0 aliphatic carbocycles. The number of hydrogen-bond donors (Lipinski definition) is 1.